The average molecular weight is 290 g/mol. The van der Waals surface area contributed by atoms with Crippen molar-refractivity contribution in [3.63, 3.8) is 0 Å². The van der Waals surface area contributed by atoms with E-state index in [-0.39, 0.29) is 11.5 Å². The quantitative estimate of drug-likeness (QED) is 0.690. The van der Waals surface area contributed by atoms with Gasteiger partial charge in [0.05, 0.1) is 11.0 Å². The maximum atomic E-state index is 12.9. The summed E-state index contributed by atoms with van der Waals surface area (Å²) in [7, 11) is 1.66. The van der Waals surface area contributed by atoms with Crippen LogP contribution < -0.4 is 4.90 Å². The Balaban J connectivity index is 2.47. The highest BCUT2D eigenvalue weighted by Crippen LogP contribution is 2.34. The van der Waals surface area contributed by atoms with Gasteiger partial charge in [-0.1, -0.05) is 6.07 Å². The Morgan fingerprint density at radius 3 is 2.38 bits per heavy atom. The van der Waals surface area contributed by atoms with Crippen molar-refractivity contribution in [2.75, 3.05) is 11.9 Å². The van der Waals surface area contributed by atoms with Crippen molar-refractivity contribution in [3.8, 4) is 0 Å². The number of aliphatic hydroxyl groups is 1. The van der Waals surface area contributed by atoms with Crippen molar-refractivity contribution >= 4 is 17.1 Å². The first kappa shape index (κ1) is 14.9. The van der Waals surface area contributed by atoms with Crippen LogP contribution in [0.3, 0.4) is 0 Å². The van der Waals surface area contributed by atoms with Gasteiger partial charge in [-0.2, -0.15) is 0 Å². The van der Waals surface area contributed by atoms with E-state index in [9.17, 15) is 19.6 Å². The summed E-state index contributed by atoms with van der Waals surface area (Å²) in [6, 6.07) is 10.2. The first-order valence-corrected chi connectivity index (χ1v) is 6.36. The molecule has 0 aromatic heterocycles. The molecular weight excluding hydrogens is 275 g/mol. The van der Waals surface area contributed by atoms with Crippen LogP contribution >= 0.6 is 0 Å². The van der Waals surface area contributed by atoms with Crippen molar-refractivity contribution in [1.82, 2.24) is 0 Å². The van der Waals surface area contributed by atoms with Gasteiger partial charge in [0, 0.05) is 18.8 Å². The number of rotatable bonds is 4. The van der Waals surface area contributed by atoms with E-state index in [4.69, 9.17) is 0 Å². The lowest BCUT2D eigenvalue weighted by molar-refractivity contribution is -0.384. The van der Waals surface area contributed by atoms with E-state index >= 15 is 0 Å². The minimum absolute atomic E-state index is 0.111. The topological polar surface area (TPSA) is 66.6 Å². The van der Waals surface area contributed by atoms with Crippen LogP contribution in [0.4, 0.5) is 21.5 Å². The van der Waals surface area contributed by atoms with Crippen molar-refractivity contribution < 1.29 is 14.4 Å². The summed E-state index contributed by atoms with van der Waals surface area (Å²) in [5.74, 6) is -0.369. The van der Waals surface area contributed by atoms with Crippen LogP contribution in [0.1, 0.15) is 18.6 Å². The largest absolute Gasteiger partial charge is 0.389 e. The van der Waals surface area contributed by atoms with Gasteiger partial charge in [-0.05, 0) is 42.8 Å². The first-order valence-electron chi connectivity index (χ1n) is 6.36. The van der Waals surface area contributed by atoms with Crippen molar-refractivity contribution in [2.45, 2.75) is 13.0 Å². The molecule has 0 aliphatic heterocycles. The fourth-order valence-corrected chi connectivity index (χ4v) is 2.03. The second kappa shape index (κ2) is 5.88. The molecule has 1 unspecified atom stereocenters. The summed E-state index contributed by atoms with van der Waals surface area (Å²) < 4.78 is 12.9. The molecule has 0 heterocycles. The summed E-state index contributed by atoms with van der Waals surface area (Å²) in [6.07, 6.45) is -0.783. The van der Waals surface area contributed by atoms with Crippen LogP contribution in [0.25, 0.3) is 0 Å². The summed E-state index contributed by atoms with van der Waals surface area (Å²) >= 11 is 0. The smallest absolute Gasteiger partial charge is 0.293 e. The van der Waals surface area contributed by atoms with Crippen molar-refractivity contribution in [1.29, 1.82) is 0 Å². The van der Waals surface area contributed by atoms with Gasteiger partial charge in [-0.15, -0.1) is 0 Å². The van der Waals surface area contributed by atoms with Crippen LogP contribution in [0.15, 0.2) is 42.5 Å². The Hall–Kier alpha value is -2.47. The second-order valence-corrected chi connectivity index (χ2v) is 4.72. The molecule has 0 saturated heterocycles. The lowest BCUT2D eigenvalue weighted by atomic mass is 10.1. The normalized spacial score (nSPS) is 12.0. The minimum atomic E-state index is -0.783. The molecule has 1 N–H and O–H groups in total. The third kappa shape index (κ3) is 3.17. The van der Waals surface area contributed by atoms with E-state index in [0.29, 0.717) is 16.9 Å². The van der Waals surface area contributed by atoms with E-state index in [1.807, 2.05) is 0 Å². The molecule has 0 amide bonds. The molecule has 21 heavy (non-hydrogen) atoms. The van der Waals surface area contributed by atoms with E-state index in [1.165, 1.54) is 18.2 Å². The van der Waals surface area contributed by atoms with Gasteiger partial charge in [-0.25, -0.2) is 4.39 Å². The molecule has 5 nitrogen and oxygen atoms in total. The number of hydrogen-bond donors (Lipinski definition) is 1. The van der Waals surface area contributed by atoms with Crippen LogP contribution in [0.5, 0.6) is 0 Å². The lowest BCUT2D eigenvalue weighted by Gasteiger charge is -2.20. The van der Waals surface area contributed by atoms with E-state index < -0.39 is 11.0 Å². The Labute approximate surface area is 121 Å². The Kier molecular flexibility index (Phi) is 4.18. The maximum Gasteiger partial charge on any atom is 0.293 e. The average Bonchev–Trinajstić information content (AvgIpc) is 2.46. The molecule has 0 bridgehead atoms. The molecule has 0 radical (unpaired) electrons. The zero-order chi connectivity index (χ0) is 15.6. The van der Waals surface area contributed by atoms with Gasteiger partial charge in [0.1, 0.15) is 11.5 Å². The number of nitro benzene ring substituents is 1. The van der Waals surface area contributed by atoms with Gasteiger partial charge in [0.15, 0.2) is 0 Å². The molecule has 2 aromatic rings. The number of halogens is 1. The maximum absolute atomic E-state index is 12.9. The highest BCUT2D eigenvalue weighted by molar-refractivity contribution is 5.72. The number of nitro groups is 1. The van der Waals surface area contributed by atoms with Gasteiger partial charge in [-0.3, -0.25) is 10.1 Å². The standard InChI is InChI=1S/C15H15FN2O3/c1-10(19)11-3-8-14(15(9-11)18(20)21)17(2)13-6-4-12(16)5-7-13/h3-10,19H,1-2H3. The molecule has 1 atom stereocenters. The van der Waals surface area contributed by atoms with Crippen molar-refractivity contribution in [2.24, 2.45) is 0 Å². The van der Waals surface area contributed by atoms with Crippen LogP contribution in [0, 0.1) is 15.9 Å². The number of anilines is 2. The molecule has 110 valence electrons. The Morgan fingerprint density at radius 1 is 1.24 bits per heavy atom. The Morgan fingerprint density at radius 2 is 1.86 bits per heavy atom. The summed E-state index contributed by atoms with van der Waals surface area (Å²) in [6.45, 7) is 1.54. The van der Waals surface area contributed by atoms with E-state index in [0.717, 1.165) is 0 Å². The second-order valence-electron chi connectivity index (χ2n) is 4.72. The predicted octanol–water partition coefficient (Wildman–Crippen LogP) is 3.56. The third-order valence-electron chi connectivity index (χ3n) is 3.25. The molecule has 2 rings (SSSR count). The molecule has 0 aliphatic carbocycles. The molecular formula is C15H15FN2O3. The fraction of sp³-hybridized carbons (Fsp3) is 0.200. The monoisotopic (exact) mass is 290 g/mol. The van der Waals surface area contributed by atoms with Gasteiger partial charge >= 0.3 is 0 Å². The zero-order valence-corrected chi connectivity index (χ0v) is 11.7. The summed E-state index contributed by atoms with van der Waals surface area (Å²) in [5, 5.41) is 20.8. The number of benzene rings is 2. The number of hydrogen-bond acceptors (Lipinski definition) is 4. The molecule has 2 aromatic carbocycles. The van der Waals surface area contributed by atoms with Crippen LogP contribution in [0.2, 0.25) is 0 Å². The summed E-state index contributed by atoms with van der Waals surface area (Å²) in [4.78, 5) is 12.3. The Bertz CT molecular complexity index is 656. The number of nitrogens with zero attached hydrogens (tertiary/aromatic N) is 2. The number of aliphatic hydroxyl groups excluding tert-OH is 1. The third-order valence-corrected chi connectivity index (χ3v) is 3.25. The van der Waals surface area contributed by atoms with Gasteiger partial charge in [0.25, 0.3) is 5.69 Å². The van der Waals surface area contributed by atoms with E-state index in [1.54, 1.807) is 43.1 Å². The van der Waals surface area contributed by atoms with E-state index in [2.05, 4.69) is 0 Å². The first-order chi connectivity index (χ1) is 9.90. The fourth-order valence-electron chi connectivity index (χ4n) is 2.03. The van der Waals surface area contributed by atoms with Gasteiger partial charge in [0.2, 0.25) is 0 Å². The van der Waals surface area contributed by atoms with Crippen LogP contribution in [-0.2, 0) is 0 Å². The highest BCUT2D eigenvalue weighted by Gasteiger charge is 2.20. The van der Waals surface area contributed by atoms with Crippen LogP contribution in [-0.4, -0.2) is 17.1 Å². The molecule has 0 saturated carbocycles. The highest BCUT2D eigenvalue weighted by atomic mass is 19.1. The lowest BCUT2D eigenvalue weighted by Crippen LogP contribution is -2.12. The predicted molar refractivity (Wildman–Crippen MR) is 78.2 cm³/mol. The summed E-state index contributed by atoms with van der Waals surface area (Å²) in [5.41, 5.74) is 1.36. The molecule has 0 aliphatic rings. The van der Waals surface area contributed by atoms with Gasteiger partial charge < -0.3 is 10.0 Å². The van der Waals surface area contributed by atoms with Crippen molar-refractivity contribution in [3.05, 3.63) is 64.0 Å². The minimum Gasteiger partial charge on any atom is -0.389 e. The molecule has 0 fully saturated rings. The zero-order valence-electron chi connectivity index (χ0n) is 11.7. The molecule has 6 heteroatoms. The SMILES string of the molecule is CC(O)c1ccc(N(C)c2ccc(F)cc2)c([N+](=O)[O-])c1. The molecule has 0 spiro atoms.